The number of hydrogen-bond acceptors (Lipinski definition) is 4. The minimum Gasteiger partial charge on any atom is -0.475 e. The van der Waals surface area contributed by atoms with Crippen molar-refractivity contribution in [3.63, 3.8) is 0 Å². The van der Waals surface area contributed by atoms with Crippen LogP contribution in [0.4, 0.5) is 0 Å². The Morgan fingerprint density at radius 1 is 1.45 bits per heavy atom. The molecule has 0 saturated heterocycles. The zero-order valence-electron chi connectivity index (χ0n) is 11.7. The van der Waals surface area contributed by atoms with E-state index in [-0.39, 0.29) is 5.76 Å². The van der Waals surface area contributed by atoms with E-state index in [1.807, 2.05) is 18.2 Å². The molecular weight excluding hydrogens is 258 g/mol. The van der Waals surface area contributed by atoms with Crippen molar-refractivity contribution in [2.24, 2.45) is 5.92 Å². The van der Waals surface area contributed by atoms with Crippen LogP contribution in [0.1, 0.15) is 23.0 Å². The van der Waals surface area contributed by atoms with Crippen molar-refractivity contribution in [3.8, 4) is 0 Å². The van der Waals surface area contributed by atoms with E-state index < -0.39 is 5.97 Å². The van der Waals surface area contributed by atoms with Gasteiger partial charge in [-0.1, -0.05) is 25.1 Å². The lowest BCUT2D eigenvalue weighted by molar-refractivity contribution is 0.0663. The molecule has 0 fully saturated rings. The molecule has 1 aromatic carbocycles. The number of furan rings is 1. The molecule has 0 bridgehead atoms. The topological polar surface area (TPSA) is 71.7 Å². The molecule has 2 rings (SSSR count). The number of carboxylic acid groups (broad SMARTS) is 1. The molecule has 0 aliphatic rings. The van der Waals surface area contributed by atoms with Crippen LogP contribution in [-0.4, -0.2) is 31.3 Å². The SMILES string of the molecule is COCC(C)CNCc1c(C(=O)O)oc2ccccc12. The fraction of sp³-hybridized carbons (Fsp3) is 0.400. The number of ether oxygens (including phenoxy) is 1. The molecule has 1 unspecified atom stereocenters. The maximum atomic E-state index is 11.2. The maximum Gasteiger partial charge on any atom is 0.372 e. The second-order valence-electron chi connectivity index (χ2n) is 4.90. The van der Waals surface area contributed by atoms with Gasteiger partial charge in [0, 0.05) is 37.8 Å². The van der Waals surface area contributed by atoms with Crippen LogP contribution in [0.15, 0.2) is 28.7 Å². The van der Waals surface area contributed by atoms with Crippen LogP contribution in [0.5, 0.6) is 0 Å². The number of carbonyl (C=O) groups is 1. The second kappa shape index (κ2) is 6.54. The predicted octanol–water partition coefficient (Wildman–Crippen LogP) is 2.50. The van der Waals surface area contributed by atoms with Gasteiger partial charge in [-0.15, -0.1) is 0 Å². The summed E-state index contributed by atoms with van der Waals surface area (Å²) < 4.78 is 10.5. The Hall–Kier alpha value is -1.85. The first-order valence-corrected chi connectivity index (χ1v) is 6.56. The molecule has 0 spiro atoms. The van der Waals surface area contributed by atoms with Gasteiger partial charge in [0.05, 0.1) is 0 Å². The highest BCUT2D eigenvalue weighted by molar-refractivity contribution is 5.95. The molecule has 2 aromatic rings. The van der Waals surface area contributed by atoms with E-state index in [0.29, 0.717) is 30.2 Å². The molecule has 108 valence electrons. The Labute approximate surface area is 117 Å². The van der Waals surface area contributed by atoms with Crippen molar-refractivity contribution in [3.05, 3.63) is 35.6 Å². The first-order chi connectivity index (χ1) is 9.63. The summed E-state index contributed by atoms with van der Waals surface area (Å²) in [6.45, 7) is 3.96. The summed E-state index contributed by atoms with van der Waals surface area (Å²) in [6.07, 6.45) is 0. The van der Waals surface area contributed by atoms with Gasteiger partial charge in [-0.25, -0.2) is 4.79 Å². The molecule has 0 aliphatic carbocycles. The predicted molar refractivity (Wildman–Crippen MR) is 75.9 cm³/mol. The van der Waals surface area contributed by atoms with Crippen LogP contribution < -0.4 is 5.32 Å². The molecule has 0 aliphatic heterocycles. The fourth-order valence-corrected chi connectivity index (χ4v) is 2.23. The zero-order chi connectivity index (χ0) is 14.5. The smallest absolute Gasteiger partial charge is 0.372 e. The first kappa shape index (κ1) is 14.6. The molecule has 0 saturated carbocycles. The molecule has 5 nitrogen and oxygen atoms in total. The number of methoxy groups -OCH3 is 1. The quantitative estimate of drug-likeness (QED) is 0.813. The third kappa shape index (κ3) is 3.18. The Morgan fingerprint density at radius 3 is 2.90 bits per heavy atom. The molecule has 5 heteroatoms. The highest BCUT2D eigenvalue weighted by Gasteiger charge is 2.19. The summed E-state index contributed by atoms with van der Waals surface area (Å²) >= 11 is 0. The summed E-state index contributed by atoms with van der Waals surface area (Å²) in [5, 5.41) is 13.3. The van der Waals surface area contributed by atoms with Crippen LogP contribution in [0, 0.1) is 5.92 Å². The summed E-state index contributed by atoms with van der Waals surface area (Å²) in [5.41, 5.74) is 1.30. The summed E-state index contributed by atoms with van der Waals surface area (Å²) in [5.74, 6) is -0.660. The number of carboxylic acids is 1. The van der Waals surface area contributed by atoms with Gasteiger partial charge in [0.1, 0.15) is 5.58 Å². The Bertz CT molecular complexity index is 591. The van der Waals surface area contributed by atoms with Crippen LogP contribution in [0.3, 0.4) is 0 Å². The van der Waals surface area contributed by atoms with Gasteiger partial charge < -0.3 is 19.6 Å². The number of hydrogen-bond donors (Lipinski definition) is 2. The number of nitrogens with one attached hydrogen (secondary N) is 1. The minimum atomic E-state index is -1.04. The van der Waals surface area contributed by atoms with Gasteiger partial charge in [0.25, 0.3) is 0 Å². The van der Waals surface area contributed by atoms with E-state index in [4.69, 9.17) is 9.15 Å². The van der Waals surface area contributed by atoms with E-state index in [1.54, 1.807) is 13.2 Å². The molecule has 20 heavy (non-hydrogen) atoms. The van der Waals surface area contributed by atoms with Crippen molar-refractivity contribution in [1.29, 1.82) is 0 Å². The van der Waals surface area contributed by atoms with Gasteiger partial charge in [-0.3, -0.25) is 0 Å². The lowest BCUT2D eigenvalue weighted by Crippen LogP contribution is -2.24. The molecule has 1 heterocycles. The second-order valence-corrected chi connectivity index (χ2v) is 4.90. The summed E-state index contributed by atoms with van der Waals surface area (Å²) in [6, 6.07) is 7.36. The minimum absolute atomic E-state index is 0.0121. The van der Waals surface area contributed by atoms with E-state index in [9.17, 15) is 9.90 Å². The zero-order valence-corrected chi connectivity index (χ0v) is 11.7. The number of aromatic carboxylic acids is 1. The highest BCUT2D eigenvalue weighted by atomic mass is 16.5. The Kier molecular flexibility index (Phi) is 4.76. The van der Waals surface area contributed by atoms with Crippen LogP contribution >= 0.6 is 0 Å². The number of fused-ring (bicyclic) bond motifs is 1. The molecule has 2 N–H and O–H groups in total. The standard InChI is InChI=1S/C15H19NO4/c1-10(9-19-2)7-16-8-12-11-5-3-4-6-13(11)20-14(12)15(17)18/h3-6,10,16H,7-9H2,1-2H3,(H,17,18). The summed E-state index contributed by atoms with van der Waals surface area (Å²) in [7, 11) is 1.67. The highest BCUT2D eigenvalue weighted by Crippen LogP contribution is 2.25. The van der Waals surface area contributed by atoms with E-state index >= 15 is 0 Å². The van der Waals surface area contributed by atoms with Crippen LogP contribution in [-0.2, 0) is 11.3 Å². The van der Waals surface area contributed by atoms with Crippen LogP contribution in [0.25, 0.3) is 11.0 Å². The van der Waals surface area contributed by atoms with E-state index in [0.717, 1.165) is 11.9 Å². The fourth-order valence-electron chi connectivity index (χ4n) is 2.23. The lowest BCUT2D eigenvalue weighted by Gasteiger charge is -2.11. The normalized spacial score (nSPS) is 12.7. The average Bonchev–Trinajstić information content (AvgIpc) is 2.78. The molecule has 1 atom stereocenters. The number of rotatable bonds is 7. The lowest BCUT2D eigenvalue weighted by atomic mass is 10.1. The monoisotopic (exact) mass is 277 g/mol. The Balaban J connectivity index is 2.15. The average molecular weight is 277 g/mol. The number of para-hydroxylation sites is 1. The molecular formula is C15H19NO4. The van der Waals surface area contributed by atoms with E-state index in [2.05, 4.69) is 12.2 Å². The first-order valence-electron chi connectivity index (χ1n) is 6.56. The maximum absolute atomic E-state index is 11.2. The van der Waals surface area contributed by atoms with Gasteiger partial charge in [-0.2, -0.15) is 0 Å². The van der Waals surface area contributed by atoms with E-state index in [1.165, 1.54) is 0 Å². The molecule has 0 radical (unpaired) electrons. The van der Waals surface area contributed by atoms with Crippen LogP contribution in [0.2, 0.25) is 0 Å². The van der Waals surface area contributed by atoms with Crippen molar-refractivity contribution >= 4 is 16.9 Å². The van der Waals surface area contributed by atoms with Gasteiger partial charge in [0.2, 0.25) is 5.76 Å². The number of benzene rings is 1. The van der Waals surface area contributed by atoms with Crippen molar-refractivity contribution in [2.75, 3.05) is 20.3 Å². The largest absolute Gasteiger partial charge is 0.475 e. The van der Waals surface area contributed by atoms with Gasteiger partial charge in [-0.05, 0) is 12.0 Å². The van der Waals surface area contributed by atoms with Crippen molar-refractivity contribution in [2.45, 2.75) is 13.5 Å². The van der Waals surface area contributed by atoms with Gasteiger partial charge >= 0.3 is 5.97 Å². The van der Waals surface area contributed by atoms with Crippen molar-refractivity contribution < 1.29 is 19.1 Å². The third-order valence-electron chi connectivity index (χ3n) is 3.14. The van der Waals surface area contributed by atoms with Crippen molar-refractivity contribution in [1.82, 2.24) is 5.32 Å². The van der Waals surface area contributed by atoms with Gasteiger partial charge in [0.15, 0.2) is 0 Å². The summed E-state index contributed by atoms with van der Waals surface area (Å²) in [4.78, 5) is 11.2. The Morgan fingerprint density at radius 2 is 2.20 bits per heavy atom. The molecule has 0 amide bonds. The third-order valence-corrected chi connectivity index (χ3v) is 3.14. The molecule has 1 aromatic heterocycles.